The zero-order valence-corrected chi connectivity index (χ0v) is 15.7. The number of fused-ring (bicyclic) bond motifs is 1. The van der Waals surface area contributed by atoms with Crippen molar-refractivity contribution in [3.63, 3.8) is 0 Å². The van der Waals surface area contributed by atoms with E-state index in [1.807, 2.05) is 32.9 Å². The first kappa shape index (κ1) is 17.4. The summed E-state index contributed by atoms with van der Waals surface area (Å²) in [5.74, 6) is -0.291. The standard InChI is InChI=1S/C20H17BrO4/c1-20(2,3)15-6-4-5-7-17(15)25-19(23)14-11-12-10-13(21)8-9-16(12)24-18(14)22/h4-11H,1-3H3. The Labute approximate surface area is 153 Å². The molecule has 0 amide bonds. The van der Waals surface area contributed by atoms with Gasteiger partial charge in [-0.05, 0) is 35.7 Å². The van der Waals surface area contributed by atoms with Crippen LogP contribution < -0.4 is 10.4 Å². The molecule has 0 aliphatic rings. The quantitative estimate of drug-likeness (QED) is 0.342. The Morgan fingerprint density at radius 2 is 1.80 bits per heavy atom. The molecular formula is C20H17BrO4. The molecule has 128 valence electrons. The summed E-state index contributed by atoms with van der Waals surface area (Å²) < 4.78 is 11.6. The first-order chi connectivity index (χ1) is 11.8. The Balaban J connectivity index is 2.01. The fraction of sp³-hybridized carbons (Fsp3) is 0.200. The predicted molar refractivity (Wildman–Crippen MR) is 100 cm³/mol. The van der Waals surface area contributed by atoms with Crippen molar-refractivity contribution >= 4 is 32.9 Å². The maximum absolute atomic E-state index is 12.5. The SMILES string of the molecule is CC(C)(C)c1ccccc1OC(=O)c1cc2cc(Br)ccc2oc1=O. The summed E-state index contributed by atoms with van der Waals surface area (Å²) in [6, 6.07) is 14.0. The summed E-state index contributed by atoms with van der Waals surface area (Å²) >= 11 is 3.36. The maximum atomic E-state index is 12.5. The molecule has 25 heavy (non-hydrogen) atoms. The molecular weight excluding hydrogens is 384 g/mol. The number of hydrogen-bond acceptors (Lipinski definition) is 4. The van der Waals surface area contributed by atoms with Crippen molar-refractivity contribution in [2.75, 3.05) is 0 Å². The molecule has 0 saturated heterocycles. The number of carbonyl (C=O) groups is 1. The van der Waals surface area contributed by atoms with Crippen LogP contribution in [0.2, 0.25) is 0 Å². The molecule has 3 aromatic rings. The molecule has 2 aromatic carbocycles. The molecule has 1 aromatic heterocycles. The molecule has 3 rings (SSSR count). The third-order valence-electron chi connectivity index (χ3n) is 3.81. The molecule has 0 fully saturated rings. The second-order valence-electron chi connectivity index (χ2n) is 6.77. The lowest BCUT2D eigenvalue weighted by Gasteiger charge is -2.21. The maximum Gasteiger partial charge on any atom is 0.351 e. The molecule has 4 nitrogen and oxygen atoms in total. The number of esters is 1. The molecule has 0 bridgehead atoms. The van der Waals surface area contributed by atoms with Crippen LogP contribution in [-0.2, 0) is 5.41 Å². The van der Waals surface area contributed by atoms with Gasteiger partial charge in [0, 0.05) is 15.4 Å². The van der Waals surface area contributed by atoms with Crippen molar-refractivity contribution in [1.29, 1.82) is 0 Å². The van der Waals surface area contributed by atoms with Gasteiger partial charge in [0.15, 0.2) is 0 Å². The van der Waals surface area contributed by atoms with Crippen LogP contribution in [0.15, 0.2) is 62.2 Å². The lowest BCUT2D eigenvalue weighted by Crippen LogP contribution is -2.21. The van der Waals surface area contributed by atoms with E-state index in [4.69, 9.17) is 9.15 Å². The van der Waals surface area contributed by atoms with Crippen LogP contribution in [0.25, 0.3) is 11.0 Å². The van der Waals surface area contributed by atoms with E-state index >= 15 is 0 Å². The van der Waals surface area contributed by atoms with Gasteiger partial charge in [-0.15, -0.1) is 0 Å². The van der Waals surface area contributed by atoms with E-state index in [0.29, 0.717) is 16.7 Å². The van der Waals surface area contributed by atoms with Crippen LogP contribution in [0.1, 0.15) is 36.7 Å². The van der Waals surface area contributed by atoms with Gasteiger partial charge in [0.05, 0.1) is 0 Å². The Kier molecular flexibility index (Phi) is 4.52. The lowest BCUT2D eigenvalue weighted by molar-refractivity contribution is 0.0727. The van der Waals surface area contributed by atoms with Crippen molar-refractivity contribution in [2.45, 2.75) is 26.2 Å². The Morgan fingerprint density at radius 3 is 2.52 bits per heavy atom. The largest absolute Gasteiger partial charge is 0.422 e. The molecule has 0 aliphatic carbocycles. The molecule has 0 saturated carbocycles. The van der Waals surface area contributed by atoms with Gasteiger partial charge in [0.2, 0.25) is 0 Å². The van der Waals surface area contributed by atoms with Gasteiger partial charge >= 0.3 is 11.6 Å². The van der Waals surface area contributed by atoms with Crippen molar-refractivity contribution < 1.29 is 13.9 Å². The van der Waals surface area contributed by atoms with Gasteiger partial charge in [-0.25, -0.2) is 9.59 Å². The molecule has 0 spiro atoms. The third kappa shape index (κ3) is 3.66. The van der Waals surface area contributed by atoms with Gasteiger partial charge in [-0.3, -0.25) is 0 Å². The van der Waals surface area contributed by atoms with Crippen molar-refractivity contribution in [3.8, 4) is 5.75 Å². The minimum atomic E-state index is -0.729. The number of carbonyl (C=O) groups excluding carboxylic acids is 1. The van der Waals surface area contributed by atoms with Gasteiger partial charge in [0.1, 0.15) is 16.9 Å². The average Bonchev–Trinajstić information content (AvgIpc) is 2.54. The highest BCUT2D eigenvalue weighted by Crippen LogP contribution is 2.31. The van der Waals surface area contributed by atoms with E-state index in [-0.39, 0.29) is 11.0 Å². The first-order valence-electron chi connectivity index (χ1n) is 7.81. The fourth-order valence-corrected chi connectivity index (χ4v) is 2.95. The van der Waals surface area contributed by atoms with Gasteiger partial charge in [-0.2, -0.15) is 0 Å². The van der Waals surface area contributed by atoms with Crippen LogP contribution >= 0.6 is 15.9 Å². The fourth-order valence-electron chi connectivity index (χ4n) is 2.57. The Bertz CT molecular complexity index is 1010. The van der Waals surface area contributed by atoms with Crippen LogP contribution in [0.3, 0.4) is 0 Å². The highest BCUT2D eigenvalue weighted by Gasteiger charge is 2.22. The van der Waals surface area contributed by atoms with Crippen LogP contribution in [0, 0.1) is 0 Å². The molecule has 1 heterocycles. The third-order valence-corrected chi connectivity index (χ3v) is 4.31. The van der Waals surface area contributed by atoms with Gasteiger partial charge in [0.25, 0.3) is 0 Å². The van der Waals surface area contributed by atoms with E-state index in [1.54, 1.807) is 30.3 Å². The zero-order valence-electron chi connectivity index (χ0n) is 14.1. The number of para-hydroxylation sites is 1. The van der Waals surface area contributed by atoms with E-state index in [1.165, 1.54) is 6.07 Å². The van der Waals surface area contributed by atoms with Gasteiger partial charge < -0.3 is 9.15 Å². The van der Waals surface area contributed by atoms with Crippen molar-refractivity contribution in [3.05, 3.63) is 74.6 Å². The van der Waals surface area contributed by atoms with E-state index in [2.05, 4.69) is 15.9 Å². The number of rotatable bonds is 2. The number of ether oxygens (including phenoxy) is 1. The predicted octanol–water partition coefficient (Wildman–Crippen LogP) is 5.07. The Hall–Kier alpha value is -2.40. The molecule has 0 unspecified atom stereocenters. The van der Waals surface area contributed by atoms with Crippen LogP contribution in [0.5, 0.6) is 5.75 Å². The summed E-state index contributed by atoms with van der Waals surface area (Å²) in [5.41, 5.74) is 0.258. The summed E-state index contributed by atoms with van der Waals surface area (Å²) in [7, 11) is 0. The average molecular weight is 401 g/mol. The molecule has 5 heteroatoms. The topological polar surface area (TPSA) is 56.5 Å². The smallest absolute Gasteiger partial charge is 0.351 e. The lowest BCUT2D eigenvalue weighted by atomic mass is 9.86. The monoisotopic (exact) mass is 400 g/mol. The van der Waals surface area contributed by atoms with Crippen molar-refractivity contribution in [2.24, 2.45) is 0 Å². The second kappa shape index (κ2) is 6.48. The number of hydrogen-bond donors (Lipinski definition) is 0. The minimum Gasteiger partial charge on any atom is -0.422 e. The van der Waals surface area contributed by atoms with E-state index in [0.717, 1.165) is 10.0 Å². The van der Waals surface area contributed by atoms with Crippen LogP contribution in [-0.4, -0.2) is 5.97 Å². The second-order valence-corrected chi connectivity index (χ2v) is 7.68. The van der Waals surface area contributed by atoms with Gasteiger partial charge in [-0.1, -0.05) is 54.9 Å². The molecule has 0 N–H and O–H groups in total. The van der Waals surface area contributed by atoms with Crippen molar-refractivity contribution in [1.82, 2.24) is 0 Å². The summed E-state index contributed by atoms with van der Waals surface area (Å²) in [5, 5.41) is 0.644. The normalized spacial score (nSPS) is 11.5. The van der Waals surface area contributed by atoms with E-state index < -0.39 is 11.6 Å². The Morgan fingerprint density at radius 1 is 1.08 bits per heavy atom. The molecule has 0 atom stereocenters. The number of halogens is 1. The highest BCUT2D eigenvalue weighted by molar-refractivity contribution is 9.10. The summed E-state index contributed by atoms with van der Waals surface area (Å²) in [6.07, 6.45) is 0. The zero-order chi connectivity index (χ0) is 18.2. The minimum absolute atomic E-state index is 0.130. The molecule has 0 aliphatic heterocycles. The first-order valence-corrected chi connectivity index (χ1v) is 8.60. The van der Waals surface area contributed by atoms with Crippen LogP contribution in [0.4, 0.5) is 0 Å². The highest BCUT2D eigenvalue weighted by atomic mass is 79.9. The van der Waals surface area contributed by atoms with E-state index in [9.17, 15) is 9.59 Å². The molecule has 0 radical (unpaired) electrons. The summed E-state index contributed by atoms with van der Waals surface area (Å²) in [6.45, 7) is 6.09. The summed E-state index contributed by atoms with van der Waals surface area (Å²) in [4.78, 5) is 24.7. The number of benzene rings is 2.